The second kappa shape index (κ2) is 6.70. The van der Waals surface area contributed by atoms with Gasteiger partial charge in [-0.3, -0.25) is 9.59 Å². The van der Waals surface area contributed by atoms with Crippen molar-refractivity contribution < 1.29 is 4.79 Å². The molecule has 0 aliphatic heterocycles. The summed E-state index contributed by atoms with van der Waals surface area (Å²) in [5.41, 5.74) is 5.50. The zero-order chi connectivity index (χ0) is 14.6. The van der Waals surface area contributed by atoms with E-state index in [4.69, 9.17) is 5.73 Å². The molecule has 1 heterocycles. The Hall–Kier alpha value is -1.37. The van der Waals surface area contributed by atoms with E-state index in [9.17, 15) is 9.59 Å². The molecule has 3 N–H and O–H groups in total. The van der Waals surface area contributed by atoms with E-state index in [0.717, 1.165) is 0 Å². The van der Waals surface area contributed by atoms with E-state index in [1.54, 1.807) is 6.20 Å². The number of nitrogens with zero attached hydrogens (tertiary/aromatic N) is 2. The molecule has 1 rings (SSSR count). The van der Waals surface area contributed by atoms with Crippen LogP contribution in [0.25, 0.3) is 0 Å². The van der Waals surface area contributed by atoms with E-state index >= 15 is 0 Å². The first kappa shape index (κ1) is 15.7. The fourth-order valence-corrected chi connectivity index (χ4v) is 2.08. The van der Waals surface area contributed by atoms with Crippen molar-refractivity contribution in [3.05, 3.63) is 21.0 Å². The van der Waals surface area contributed by atoms with Crippen LogP contribution in [0.4, 0.5) is 5.69 Å². The zero-order valence-corrected chi connectivity index (χ0v) is 12.9. The van der Waals surface area contributed by atoms with Gasteiger partial charge in [0.1, 0.15) is 4.47 Å². The number of amides is 1. The zero-order valence-electron chi connectivity index (χ0n) is 11.3. The van der Waals surface area contributed by atoms with Gasteiger partial charge >= 0.3 is 0 Å². The summed E-state index contributed by atoms with van der Waals surface area (Å²) in [6.07, 6.45) is 1.77. The van der Waals surface area contributed by atoms with E-state index in [1.807, 2.05) is 20.8 Å². The van der Waals surface area contributed by atoms with Crippen LogP contribution in [-0.2, 0) is 11.3 Å². The highest BCUT2D eigenvalue weighted by atomic mass is 79.9. The maximum Gasteiger partial charge on any atom is 0.283 e. The molecule has 0 aliphatic carbocycles. The van der Waals surface area contributed by atoms with Gasteiger partial charge in [0.25, 0.3) is 5.56 Å². The number of primary amides is 1. The van der Waals surface area contributed by atoms with E-state index in [2.05, 4.69) is 26.3 Å². The summed E-state index contributed by atoms with van der Waals surface area (Å²) in [6.45, 7) is 6.41. The summed E-state index contributed by atoms with van der Waals surface area (Å²) in [4.78, 5) is 22.9. The monoisotopic (exact) mass is 330 g/mol. The van der Waals surface area contributed by atoms with Gasteiger partial charge in [-0.2, -0.15) is 5.10 Å². The molecule has 0 radical (unpaired) electrons. The average molecular weight is 331 g/mol. The van der Waals surface area contributed by atoms with Crippen LogP contribution in [0.1, 0.15) is 27.2 Å². The first-order chi connectivity index (χ1) is 8.81. The van der Waals surface area contributed by atoms with E-state index in [1.165, 1.54) is 4.68 Å². The maximum atomic E-state index is 12.1. The Morgan fingerprint density at radius 3 is 2.68 bits per heavy atom. The maximum absolute atomic E-state index is 12.1. The normalized spacial score (nSPS) is 12.5. The molecule has 0 saturated heterocycles. The van der Waals surface area contributed by atoms with Crippen molar-refractivity contribution in [2.24, 2.45) is 11.7 Å². The van der Waals surface area contributed by atoms with E-state index in [0.29, 0.717) is 22.6 Å². The third-order valence-electron chi connectivity index (χ3n) is 2.43. The molecule has 0 fully saturated rings. The minimum Gasteiger partial charge on any atom is -0.380 e. The molecule has 0 spiro atoms. The Morgan fingerprint density at radius 2 is 2.16 bits per heavy atom. The molecule has 0 bridgehead atoms. The molecule has 1 aromatic rings. The van der Waals surface area contributed by atoms with Crippen molar-refractivity contribution in [3.8, 4) is 0 Å². The van der Waals surface area contributed by atoms with Crippen molar-refractivity contribution in [2.75, 3.05) is 5.32 Å². The third kappa shape index (κ3) is 4.66. The lowest BCUT2D eigenvalue weighted by Crippen LogP contribution is -2.29. The fourth-order valence-electron chi connectivity index (χ4n) is 1.66. The van der Waals surface area contributed by atoms with Crippen LogP contribution in [0.15, 0.2) is 15.5 Å². The summed E-state index contributed by atoms with van der Waals surface area (Å²) in [7, 11) is 0. The van der Waals surface area contributed by atoms with Crippen molar-refractivity contribution >= 4 is 27.5 Å². The van der Waals surface area contributed by atoms with E-state index < -0.39 is 5.91 Å². The molecule has 7 heteroatoms. The number of rotatable bonds is 6. The number of halogens is 1. The van der Waals surface area contributed by atoms with E-state index in [-0.39, 0.29) is 18.0 Å². The van der Waals surface area contributed by atoms with Gasteiger partial charge in [0.05, 0.1) is 11.9 Å². The predicted octanol–water partition coefficient (Wildman–Crippen LogP) is 1.34. The fraction of sp³-hybridized carbons (Fsp3) is 0.583. The number of nitrogens with one attached hydrogen (secondary N) is 1. The molecule has 0 aromatic carbocycles. The van der Waals surface area contributed by atoms with Crippen LogP contribution >= 0.6 is 15.9 Å². The van der Waals surface area contributed by atoms with Crippen molar-refractivity contribution in [2.45, 2.75) is 39.8 Å². The summed E-state index contributed by atoms with van der Waals surface area (Å²) >= 11 is 3.26. The summed E-state index contributed by atoms with van der Waals surface area (Å²) < 4.78 is 1.83. The number of hydrogen-bond donors (Lipinski definition) is 2. The van der Waals surface area contributed by atoms with Gasteiger partial charge < -0.3 is 11.1 Å². The van der Waals surface area contributed by atoms with Gasteiger partial charge in [-0.1, -0.05) is 13.8 Å². The van der Waals surface area contributed by atoms with Gasteiger partial charge in [0.15, 0.2) is 0 Å². The highest BCUT2D eigenvalue weighted by molar-refractivity contribution is 9.10. The second-order valence-corrected chi connectivity index (χ2v) is 5.76. The molecular formula is C12H19BrN4O2. The van der Waals surface area contributed by atoms with Gasteiger partial charge in [-0.25, -0.2) is 4.68 Å². The van der Waals surface area contributed by atoms with Crippen LogP contribution in [0.2, 0.25) is 0 Å². The molecular weight excluding hydrogens is 312 g/mol. The largest absolute Gasteiger partial charge is 0.380 e. The standard InChI is InChI=1S/C12H19BrN4O2/c1-7(2)6-17-12(19)11(13)9(5-15-17)16-8(3)4-10(14)18/h5,7-8,16H,4,6H2,1-3H3,(H2,14,18). The Bertz CT molecular complexity index is 513. The summed E-state index contributed by atoms with van der Waals surface area (Å²) in [5.74, 6) is -0.0538. The Morgan fingerprint density at radius 1 is 1.53 bits per heavy atom. The first-order valence-electron chi connectivity index (χ1n) is 6.11. The number of hydrogen-bond acceptors (Lipinski definition) is 4. The summed E-state index contributed by atoms with van der Waals surface area (Å²) in [6, 6.07) is -0.157. The van der Waals surface area contributed by atoms with Crippen LogP contribution in [0.3, 0.4) is 0 Å². The smallest absolute Gasteiger partial charge is 0.283 e. The first-order valence-corrected chi connectivity index (χ1v) is 6.91. The summed E-state index contributed by atoms with van der Waals surface area (Å²) in [5, 5.41) is 7.15. The Balaban J connectivity index is 2.90. The molecule has 19 heavy (non-hydrogen) atoms. The number of carbonyl (C=O) groups excluding carboxylic acids is 1. The average Bonchev–Trinajstić information content (AvgIpc) is 2.27. The molecule has 6 nitrogen and oxygen atoms in total. The minimum absolute atomic E-state index is 0.157. The molecule has 1 amide bonds. The Labute approximate surface area is 120 Å². The minimum atomic E-state index is -0.391. The number of aromatic nitrogens is 2. The number of carbonyl (C=O) groups is 1. The molecule has 1 aromatic heterocycles. The highest BCUT2D eigenvalue weighted by Crippen LogP contribution is 2.18. The SMILES string of the molecule is CC(C)Cn1ncc(NC(C)CC(N)=O)c(Br)c1=O. The number of nitrogens with two attached hydrogens (primary N) is 1. The lowest BCUT2D eigenvalue weighted by atomic mass is 10.2. The lowest BCUT2D eigenvalue weighted by molar-refractivity contribution is -0.118. The van der Waals surface area contributed by atoms with Crippen molar-refractivity contribution in [1.29, 1.82) is 0 Å². The molecule has 0 aliphatic rings. The Kier molecular flexibility index (Phi) is 5.53. The lowest BCUT2D eigenvalue weighted by Gasteiger charge is -2.15. The van der Waals surface area contributed by atoms with Crippen LogP contribution in [-0.4, -0.2) is 21.7 Å². The highest BCUT2D eigenvalue weighted by Gasteiger charge is 2.12. The molecule has 1 unspecified atom stereocenters. The quantitative estimate of drug-likeness (QED) is 0.823. The molecule has 0 saturated carbocycles. The van der Waals surface area contributed by atoms with Crippen molar-refractivity contribution in [3.63, 3.8) is 0 Å². The third-order valence-corrected chi connectivity index (χ3v) is 3.20. The molecule has 106 valence electrons. The topological polar surface area (TPSA) is 90.0 Å². The van der Waals surface area contributed by atoms with Crippen LogP contribution in [0, 0.1) is 5.92 Å². The second-order valence-electron chi connectivity index (χ2n) is 4.97. The van der Waals surface area contributed by atoms with Gasteiger partial charge in [-0.05, 0) is 28.8 Å². The van der Waals surface area contributed by atoms with Crippen molar-refractivity contribution in [1.82, 2.24) is 9.78 Å². The molecule has 1 atom stereocenters. The number of anilines is 1. The van der Waals surface area contributed by atoms with Gasteiger partial charge in [-0.15, -0.1) is 0 Å². The van der Waals surface area contributed by atoms with Crippen LogP contribution < -0.4 is 16.6 Å². The van der Waals surface area contributed by atoms with Gasteiger partial charge in [0.2, 0.25) is 5.91 Å². The van der Waals surface area contributed by atoms with Crippen LogP contribution in [0.5, 0.6) is 0 Å². The van der Waals surface area contributed by atoms with Gasteiger partial charge in [0, 0.05) is 19.0 Å². The predicted molar refractivity (Wildman–Crippen MR) is 77.9 cm³/mol.